The minimum absolute atomic E-state index is 0.239. The van der Waals surface area contributed by atoms with Crippen molar-refractivity contribution in [2.24, 2.45) is 0 Å². The fraction of sp³-hybridized carbons (Fsp3) is 0.714. The van der Waals surface area contributed by atoms with Gasteiger partial charge < -0.3 is 14.9 Å². The zero-order chi connectivity index (χ0) is 13.4. The number of anilines is 1. The molecule has 5 heteroatoms. The highest BCUT2D eigenvalue weighted by Crippen LogP contribution is 2.32. The van der Waals surface area contributed by atoms with E-state index in [2.05, 4.69) is 33.9 Å². The molecule has 0 aromatic carbocycles. The summed E-state index contributed by atoms with van der Waals surface area (Å²) in [6.45, 7) is 1.65. The molecular weight excluding hydrogens is 240 g/mol. The molecule has 1 fully saturated rings. The molecule has 0 radical (unpaired) electrons. The smallest absolute Gasteiger partial charge is 0.135 e. The average molecular weight is 262 g/mol. The summed E-state index contributed by atoms with van der Waals surface area (Å²) in [6.07, 6.45) is 5.59. The fourth-order valence-electron chi connectivity index (χ4n) is 3.34. The molecule has 2 aliphatic rings. The van der Waals surface area contributed by atoms with E-state index in [1.54, 1.807) is 6.33 Å². The maximum Gasteiger partial charge on any atom is 0.135 e. The molecule has 2 heterocycles. The van der Waals surface area contributed by atoms with Crippen molar-refractivity contribution in [3.05, 3.63) is 17.6 Å². The van der Waals surface area contributed by atoms with Crippen LogP contribution in [0, 0.1) is 0 Å². The SMILES string of the molecule is CN(C)CC1CC(O)CN1c1ncnc2c1CCC2. The third-order valence-corrected chi connectivity index (χ3v) is 4.09. The fourth-order valence-corrected chi connectivity index (χ4v) is 3.34. The Hall–Kier alpha value is -1.20. The van der Waals surface area contributed by atoms with Crippen molar-refractivity contribution in [3.8, 4) is 0 Å². The van der Waals surface area contributed by atoms with Crippen LogP contribution in [0.15, 0.2) is 6.33 Å². The summed E-state index contributed by atoms with van der Waals surface area (Å²) >= 11 is 0. The quantitative estimate of drug-likeness (QED) is 0.858. The molecule has 0 spiro atoms. The predicted octanol–water partition coefficient (Wildman–Crippen LogP) is 0.467. The van der Waals surface area contributed by atoms with Crippen molar-refractivity contribution >= 4 is 5.82 Å². The number of aromatic nitrogens is 2. The van der Waals surface area contributed by atoms with E-state index in [4.69, 9.17) is 0 Å². The number of aliphatic hydroxyl groups is 1. The molecule has 0 amide bonds. The van der Waals surface area contributed by atoms with Gasteiger partial charge in [0.25, 0.3) is 0 Å². The number of aliphatic hydroxyl groups excluding tert-OH is 1. The first-order valence-electron chi connectivity index (χ1n) is 7.07. The molecule has 1 N–H and O–H groups in total. The summed E-state index contributed by atoms with van der Waals surface area (Å²) in [6, 6.07) is 0.351. The maximum atomic E-state index is 9.99. The van der Waals surface area contributed by atoms with Crippen LogP contribution in [0.5, 0.6) is 0 Å². The van der Waals surface area contributed by atoms with Crippen LogP contribution in [0.1, 0.15) is 24.1 Å². The van der Waals surface area contributed by atoms with Gasteiger partial charge in [0.2, 0.25) is 0 Å². The molecule has 0 bridgehead atoms. The Morgan fingerprint density at radius 3 is 3.00 bits per heavy atom. The van der Waals surface area contributed by atoms with Gasteiger partial charge in [-0.1, -0.05) is 0 Å². The highest BCUT2D eigenvalue weighted by atomic mass is 16.3. The third kappa shape index (κ3) is 2.44. The van der Waals surface area contributed by atoms with Crippen molar-refractivity contribution < 1.29 is 5.11 Å². The van der Waals surface area contributed by atoms with Crippen LogP contribution in [0.2, 0.25) is 0 Å². The van der Waals surface area contributed by atoms with Crippen LogP contribution < -0.4 is 4.90 Å². The van der Waals surface area contributed by atoms with Crippen molar-refractivity contribution in [3.63, 3.8) is 0 Å². The summed E-state index contributed by atoms with van der Waals surface area (Å²) in [4.78, 5) is 13.4. The van der Waals surface area contributed by atoms with Crippen molar-refractivity contribution in [1.29, 1.82) is 0 Å². The molecule has 19 heavy (non-hydrogen) atoms. The summed E-state index contributed by atoms with van der Waals surface area (Å²) in [7, 11) is 4.15. The number of nitrogens with zero attached hydrogens (tertiary/aromatic N) is 4. The van der Waals surface area contributed by atoms with Gasteiger partial charge in [0, 0.05) is 30.4 Å². The molecule has 5 nitrogen and oxygen atoms in total. The summed E-state index contributed by atoms with van der Waals surface area (Å²) < 4.78 is 0. The van der Waals surface area contributed by atoms with E-state index in [9.17, 15) is 5.11 Å². The lowest BCUT2D eigenvalue weighted by Crippen LogP contribution is -2.38. The zero-order valence-corrected chi connectivity index (χ0v) is 11.7. The number of hydrogen-bond acceptors (Lipinski definition) is 5. The molecule has 0 saturated carbocycles. The maximum absolute atomic E-state index is 9.99. The van der Waals surface area contributed by atoms with Gasteiger partial charge in [0.05, 0.1) is 6.10 Å². The predicted molar refractivity (Wildman–Crippen MR) is 74.4 cm³/mol. The van der Waals surface area contributed by atoms with Gasteiger partial charge in [-0.3, -0.25) is 0 Å². The molecule has 1 aromatic rings. The topological polar surface area (TPSA) is 52.5 Å². The first-order chi connectivity index (χ1) is 9.15. The molecule has 104 valence electrons. The van der Waals surface area contributed by atoms with Crippen LogP contribution in [-0.2, 0) is 12.8 Å². The molecular formula is C14H22N4O. The molecule has 1 saturated heterocycles. The Morgan fingerprint density at radius 2 is 2.21 bits per heavy atom. The highest BCUT2D eigenvalue weighted by Gasteiger charge is 2.34. The van der Waals surface area contributed by atoms with E-state index >= 15 is 0 Å². The normalized spacial score (nSPS) is 26.2. The largest absolute Gasteiger partial charge is 0.391 e. The Labute approximate surface area is 114 Å². The van der Waals surface area contributed by atoms with E-state index in [0.717, 1.165) is 31.6 Å². The number of hydrogen-bond donors (Lipinski definition) is 1. The number of likely N-dealkylation sites (N-methyl/N-ethyl adjacent to an activating group) is 1. The Kier molecular flexibility index (Phi) is 3.41. The van der Waals surface area contributed by atoms with Crippen LogP contribution in [0.4, 0.5) is 5.82 Å². The van der Waals surface area contributed by atoms with E-state index < -0.39 is 0 Å². The number of β-amino-alcohol motifs (C(OH)–C–C–N with tert-alkyl or cyclic N) is 1. The van der Waals surface area contributed by atoms with Gasteiger partial charge >= 0.3 is 0 Å². The highest BCUT2D eigenvalue weighted by molar-refractivity contribution is 5.52. The zero-order valence-electron chi connectivity index (χ0n) is 11.7. The lowest BCUT2D eigenvalue weighted by molar-refractivity contribution is 0.191. The summed E-state index contributed by atoms with van der Waals surface area (Å²) in [5.41, 5.74) is 2.51. The third-order valence-electron chi connectivity index (χ3n) is 4.09. The van der Waals surface area contributed by atoms with Crippen LogP contribution in [0.25, 0.3) is 0 Å². The van der Waals surface area contributed by atoms with Crippen molar-refractivity contribution in [1.82, 2.24) is 14.9 Å². The van der Waals surface area contributed by atoms with Gasteiger partial charge in [-0.2, -0.15) is 0 Å². The molecule has 2 unspecified atom stereocenters. The van der Waals surface area contributed by atoms with Crippen LogP contribution >= 0.6 is 0 Å². The second-order valence-corrected chi connectivity index (χ2v) is 5.93. The molecule has 1 aromatic heterocycles. The first kappa shape index (κ1) is 12.8. The standard InChI is InChI=1S/C14H22N4O/c1-17(2)7-10-6-11(19)8-18(10)14-12-4-3-5-13(12)15-9-16-14/h9-11,19H,3-8H2,1-2H3. The minimum Gasteiger partial charge on any atom is -0.391 e. The van der Waals surface area contributed by atoms with Gasteiger partial charge in [-0.15, -0.1) is 0 Å². The van der Waals surface area contributed by atoms with Gasteiger partial charge in [-0.25, -0.2) is 9.97 Å². The molecule has 1 aliphatic heterocycles. The number of aryl methyl sites for hydroxylation is 1. The first-order valence-corrected chi connectivity index (χ1v) is 7.07. The van der Waals surface area contributed by atoms with E-state index in [1.807, 2.05) is 0 Å². The van der Waals surface area contributed by atoms with E-state index in [1.165, 1.54) is 17.7 Å². The summed E-state index contributed by atoms with van der Waals surface area (Å²) in [5, 5.41) is 9.99. The van der Waals surface area contributed by atoms with E-state index in [-0.39, 0.29) is 6.10 Å². The van der Waals surface area contributed by atoms with Crippen molar-refractivity contribution in [2.45, 2.75) is 37.8 Å². The minimum atomic E-state index is -0.239. The van der Waals surface area contributed by atoms with Crippen molar-refractivity contribution in [2.75, 3.05) is 32.1 Å². The summed E-state index contributed by atoms with van der Waals surface area (Å²) in [5.74, 6) is 1.06. The van der Waals surface area contributed by atoms with Crippen LogP contribution in [-0.4, -0.2) is 59.3 Å². The van der Waals surface area contributed by atoms with Gasteiger partial charge in [-0.05, 0) is 39.8 Å². The Bertz CT molecular complexity index is 463. The van der Waals surface area contributed by atoms with Gasteiger partial charge in [0.15, 0.2) is 0 Å². The lowest BCUT2D eigenvalue weighted by Gasteiger charge is -2.29. The lowest BCUT2D eigenvalue weighted by atomic mass is 10.1. The Balaban J connectivity index is 1.90. The van der Waals surface area contributed by atoms with Gasteiger partial charge in [0.1, 0.15) is 12.1 Å². The number of fused-ring (bicyclic) bond motifs is 1. The second-order valence-electron chi connectivity index (χ2n) is 5.93. The number of rotatable bonds is 3. The molecule has 3 rings (SSSR count). The monoisotopic (exact) mass is 262 g/mol. The molecule has 1 aliphatic carbocycles. The molecule has 2 atom stereocenters. The Morgan fingerprint density at radius 1 is 1.37 bits per heavy atom. The van der Waals surface area contributed by atoms with E-state index in [0.29, 0.717) is 12.6 Å². The average Bonchev–Trinajstić information content (AvgIpc) is 2.94. The second kappa shape index (κ2) is 5.06. The van der Waals surface area contributed by atoms with Crippen LogP contribution in [0.3, 0.4) is 0 Å².